The number of ether oxygens (including phenoxy) is 1. The molecule has 6 heteroatoms. The van der Waals surface area contributed by atoms with Crippen molar-refractivity contribution in [3.05, 3.63) is 22.7 Å². The first kappa shape index (κ1) is 14.0. The van der Waals surface area contributed by atoms with Gasteiger partial charge < -0.3 is 14.9 Å². The zero-order valence-corrected chi connectivity index (χ0v) is 11.4. The highest BCUT2D eigenvalue weighted by Gasteiger charge is 2.28. The second kappa shape index (κ2) is 5.67. The van der Waals surface area contributed by atoms with Crippen LogP contribution in [0.1, 0.15) is 12.0 Å². The first-order chi connectivity index (χ1) is 9.01. The van der Waals surface area contributed by atoms with E-state index >= 15 is 0 Å². The lowest BCUT2D eigenvalue weighted by atomic mass is 10.1. The van der Waals surface area contributed by atoms with Crippen LogP contribution in [-0.2, 0) is 11.3 Å². The number of aromatic hydroxyl groups is 1. The van der Waals surface area contributed by atoms with Crippen LogP contribution in [0.2, 0.25) is 5.02 Å². The molecule has 0 amide bonds. The lowest BCUT2D eigenvalue weighted by molar-refractivity contribution is -0.141. The van der Waals surface area contributed by atoms with Crippen molar-refractivity contribution in [1.82, 2.24) is 4.90 Å². The van der Waals surface area contributed by atoms with E-state index in [4.69, 9.17) is 21.4 Å². The Morgan fingerprint density at radius 2 is 2.32 bits per heavy atom. The van der Waals surface area contributed by atoms with E-state index in [0.717, 1.165) is 0 Å². The van der Waals surface area contributed by atoms with Gasteiger partial charge in [-0.25, -0.2) is 0 Å². The van der Waals surface area contributed by atoms with Gasteiger partial charge in [-0.2, -0.15) is 0 Å². The van der Waals surface area contributed by atoms with Crippen LogP contribution in [0.4, 0.5) is 0 Å². The number of carboxylic acid groups (broad SMARTS) is 1. The van der Waals surface area contributed by atoms with E-state index in [2.05, 4.69) is 0 Å². The largest absolute Gasteiger partial charge is 0.504 e. The predicted molar refractivity (Wildman–Crippen MR) is 70.7 cm³/mol. The molecule has 1 saturated heterocycles. The normalized spacial score (nSPS) is 19.6. The predicted octanol–water partition coefficient (Wildman–Crippen LogP) is 1.96. The van der Waals surface area contributed by atoms with Crippen molar-refractivity contribution in [1.29, 1.82) is 0 Å². The van der Waals surface area contributed by atoms with Crippen LogP contribution in [0.15, 0.2) is 12.1 Å². The van der Waals surface area contributed by atoms with Gasteiger partial charge in [0.15, 0.2) is 11.5 Å². The molecule has 0 aromatic heterocycles. The Kier molecular flexibility index (Phi) is 4.17. The van der Waals surface area contributed by atoms with Crippen LogP contribution in [0.25, 0.3) is 0 Å². The number of aliphatic carboxylic acids is 1. The summed E-state index contributed by atoms with van der Waals surface area (Å²) in [6.07, 6.45) is 0.633. The Bertz CT molecular complexity index is 492. The Balaban J connectivity index is 2.12. The average Bonchev–Trinajstić information content (AvgIpc) is 2.82. The molecule has 1 unspecified atom stereocenters. The van der Waals surface area contributed by atoms with Crippen LogP contribution in [0.5, 0.6) is 11.5 Å². The maximum absolute atomic E-state index is 10.9. The molecule has 0 bridgehead atoms. The number of nitrogens with zero attached hydrogens (tertiary/aromatic N) is 1. The van der Waals surface area contributed by atoms with E-state index in [9.17, 15) is 9.90 Å². The van der Waals surface area contributed by atoms with E-state index in [1.54, 1.807) is 12.1 Å². The minimum Gasteiger partial charge on any atom is -0.504 e. The van der Waals surface area contributed by atoms with Gasteiger partial charge in [-0.3, -0.25) is 9.69 Å². The fourth-order valence-electron chi connectivity index (χ4n) is 2.32. The molecular formula is C13H16ClNO4. The van der Waals surface area contributed by atoms with Gasteiger partial charge in [0.2, 0.25) is 0 Å². The molecule has 1 heterocycles. The quantitative estimate of drug-likeness (QED) is 0.885. The third-order valence-corrected chi connectivity index (χ3v) is 3.57. The molecule has 0 radical (unpaired) electrons. The van der Waals surface area contributed by atoms with Crippen molar-refractivity contribution < 1.29 is 19.7 Å². The number of hydrogen-bond acceptors (Lipinski definition) is 4. The standard InChI is InChI=1S/C13H16ClNO4/c1-19-11-5-10(14)4-9(12(11)16)7-15-3-2-8(6-15)13(17)18/h4-5,8,16H,2-3,6-7H2,1H3,(H,17,18). The zero-order valence-electron chi connectivity index (χ0n) is 10.6. The lowest BCUT2D eigenvalue weighted by Gasteiger charge is -2.17. The smallest absolute Gasteiger partial charge is 0.307 e. The summed E-state index contributed by atoms with van der Waals surface area (Å²) in [6, 6.07) is 3.22. The third-order valence-electron chi connectivity index (χ3n) is 3.35. The van der Waals surface area contributed by atoms with Gasteiger partial charge in [0.05, 0.1) is 13.0 Å². The summed E-state index contributed by atoms with van der Waals surface area (Å²) >= 11 is 5.96. The number of carboxylic acids is 1. The molecule has 2 rings (SSSR count). The molecule has 19 heavy (non-hydrogen) atoms. The third kappa shape index (κ3) is 3.11. The molecule has 2 N–H and O–H groups in total. The van der Waals surface area contributed by atoms with E-state index in [0.29, 0.717) is 42.4 Å². The molecule has 0 aliphatic carbocycles. The summed E-state index contributed by atoms with van der Waals surface area (Å²) in [7, 11) is 1.46. The van der Waals surface area contributed by atoms with Crippen molar-refractivity contribution in [2.24, 2.45) is 5.92 Å². The summed E-state index contributed by atoms with van der Waals surface area (Å²) in [5.41, 5.74) is 0.649. The Hall–Kier alpha value is -1.46. The highest BCUT2D eigenvalue weighted by Crippen LogP contribution is 2.34. The molecule has 1 fully saturated rings. The lowest BCUT2D eigenvalue weighted by Crippen LogP contribution is -2.22. The SMILES string of the molecule is COc1cc(Cl)cc(CN2CCC(C(=O)O)C2)c1O. The van der Waals surface area contributed by atoms with Gasteiger partial charge in [-0.1, -0.05) is 11.6 Å². The van der Waals surface area contributed by atoms with Crippen LogP contribution >= 0.6 is 11.6 Å². The molecule has 5 nitrogen and oxygen atoms in total. The van der Waals surface area contributed by atoms with Crippen molar-refractivity contribution in [3.63, 3.8) is 0 Å². The second-order valence-electron chi connectivity index (χ2n) is 4.67. The number of benzene rings is 1. The van der Waals surface area contributed by atoms with Crippen LogP contribution in [0, 0.1) is 5.92 Å². The Morgan fingerprint density at radius 1 is 1.58 bits per heavy atom. The van der Waals surface area contributed by atoms with Crippen molar-refractivity contribution in [2.75, 3.05) is 20.2 Å². The van der Waals surface area contributed by atoms with Crippen LogP contribution in [0.3, 0.4) is 0 Å². The minimum absolute atomic E-state index is 0.0608. The van der Waals surface area contributed by atoms with Gasteiger partial charge in [-0.05, 0) is 19.0 Å². The van der Waals surface area contributed by atoms with Gasteiger partial charge >= 0.3 is 5.97 Å². The van der Waals surface area contributed by atoms with Gasteiger partial charge in [0.1, 0.15) is 0 Å². The summed E-state index contributed by atoms with van der Waals surface area (Å²) in [6.45, 7) is 1.65. The molecule has 1 aliphatic rings. The van der Waals surface area contributed by atoms with E-state index < -0.39 is 5.97 Å². The topological polar surface area (TPSA) is 70.0 Å². The van der Waals surface area contributed by atoms with Crippen LogP contribution < -0.4 is 4.74 Å². The zero-order chi connectivity index (χ0) is 14.0. The minimum atomic E-state index is -0.768. The molecule has 1 aliphatic heterocycles. The molecule has 0 spiro atoms. The van der Waals surface area contributed by atoms with Gasteiger partial charge in [-0.15, -0.1) is 0 Å². The highest BCUT2D eigenvalue weighted by atomic mass is 35.5. The first-order valence-corrected chi connectivity index (χ1v) is 6.39. The molecule has 0 saturated carbocycles. The second-order valence-corrected chi connectivity index (χ2v) is 5.11. The summed E-state index contributed by atoms with van der Waals surface area (Å²) in [4.78, 5) is 12.9. The first-order valence-electron chi connectivity index (χ1n) is 6.01. The highest BCUT2D eigenvalue weighted by molar-refractivity contribution is 6.30. The maximum Gasteiger partial charge on any atom is 0.307 e. The number of rotatable bonds is 4. The number of hydrogen-bond donors (Lipinski definition) is 2. The van der Waals surface area contributed by atoms with E-state index in [1.165, 1.54) is 7.11 Å². The maximum atomic E-state index is 10.9. The van der Waals surface area contributed by atoms with Gasteiger partial charge in [0, 0.05) is 29.7 Å². The number of phenols is 1. The van der Waals surface area contributed by atoms with E-state index in [1.807, 2.05) is 4.90 Å². The Labute approximate surface area is 116 Å². The van der Waals surface area contributed by atoms with Crippen molar-refractivity contribution in [3.8, 4) is 11.5 Å². The van der Waals surface area contributed by atoms with Crippen molar-refractivity contribution >= 4 is 17.6 Å². The molecule has 1 aromatic rings. The van der Waals surface area contributed by atoms with Crippen LogP contribution in [-0.4, -0.2) is 41.3 Å². The molecular weight excluding hydrogens is 270 g/mol. The monoisotopic (exact) mass is 285 g/mol. The number of methoxy groups -OCH3 is 1. The fourth-order valence-corrected chi connectivity index (χ4v) is 2.55. The molecule has 104 valence electrons. The van der Waals surface area contributed by atoms with Gasteiger partial charge in [0.25, 0.3) is 0 Å². The fraction of sp³-hybridized carbons (Fsp3) is 0.462. The van der Waals surface area contributed by atoms with Crippen molar-refractivity contribution in [2.45, 2.75) is 13.0 Å². The number of phenolic OH excluding ortho intramolecular Hbond substituents is 1. The average molecular weight is 286 g/mol. The number of likely N-dealkylation sites (tertiary alicyclic amines) is 1. The summed E-state index contributed by atoms with van der Waals surface area (Å²) < 4.78 is 5.04. The molecule has 1 aromatic carbocycles. The molecule has 1 atom stereocenters. The number of carbonyl (C=O) groups is 1. The number of halogens is 1. The summed E-state index contributed by atoms with van der Waals surface area (Å²) in [5.74, 6) is -0.708. The van der Waals surface area contributed by atoms with E-state index in [-0.39, 0.29) is 11.7 Å². The summed E-state index contributed by atoms with van der Waals surface area (Å²) in [5, 5.41) is 19.5. The Morgan fingerprint density at radius 3 is 2.89 bits per heavy atom.